The maximum atomic E-state index is 13.5. The molecule has 1 heterocycles. The van der Waals surface area contributed by atoms with Crippen LogP contribution in [0, 0.1) is 5.82 Å². The van der Waals surface area contributed by atoms with Gasteiger partial charge >= 0.3 is 19.5 Å². The van der Waals surface area contributed by atoms with Crippen molar-refractivity contribution in [2.24, 2.45) is 0 Å². The van der Waals surface area contributed by atoms with Gasteiger partial charge in [-0.1, -0.05) is 62.0 Å². The molecule has 0 saturated carbocycles. The summed E-state index contributed by atoms with van der Waals surface area (Å²) in [4.78, 5) is 0. The minimum Gasteiger partial charge on any atom is -0.205 e. The Morgan fingerprint density at radius 1 is 1.25 bits per heavy atom. The number of rotatable bonds is 5. The summed E-state index contributed by atoms with van der Waals surface area (Å²) in [5.74, 6) is 0.296. The van der Waals surface area contributed by atoms with E-state index in [9.17, 15) is 4.39 Å². The van der Waals surface area contributed by atoms with E-state index in [0.29, 0.717) is 5.92 Å². The molecule has 0 aliphatic carbocycles. The van der Waals surface area contributed by atoms with Crippen LogP contribution in [-0.2, 0) is 19.5 Å². The first kappa shape index (κ1) is 18.3. The topological polar surface area (TPSA) is 0 Å². The Morgan fingerprint density at radius 2 is 1.95 bits per heavy atom. The maximum absolute atomic E-state index is 13.5. The maximum Gasteiger partial charge on any atom is 2.00 e. The van der Waals surface area contributed by atoms with Crippen LogP contribution in [0.2, 0.25) is 23.2 Å². The first-order valence-electron chi connectivity index (χ1n) is 7.49. The largest absolute Gasteiger partial charge is 2.00 e. The molecule has 2 rings (SSSR count). The van der Waals surface area contributed by atoms with E-state index in [4.69, 9.17) is 11.6 Å². The quantitative estimate of drug-likeness (QED) is 0.442. The zero-order valence-electron chi connectivity index (χ0n) is 12.4. The molecule has 105 valence electrons. The van der Waals surface area contributed by atoms with Gasteiger partial charge in [-0.3, -0.25) is 0 Å². The smallest absolute Gasteiger partial charge is 0.205 e. The predicted molar refractivity (Wildman–Crippen MR) is 83.1 cm³/mol. The second-order valence-corrected chi connectivity index (χ2v) is 9.06. The van der Waals surface area contributed by atoms with Gasteiger partial charge in [-0.25, -0.2) is 4.39 Å². The molecular formula is C16H23ClFSiZn+2. The van der Waals surface area contributed by atoms with Gasteiger partial charge in [0, 0.05) is 8.80 Å². The third-order valence-corrected chi connectivity index (χ3v) is 7.60. The average Bonchev–Trinajstić information content (AvgIpc) is 2.43. The fourth-order valence-corrected chi connectivity index (χ4v) is 6.13. The fraction of sp³-hybridized carbons (Fsp3) is 0.625. The van der Waals surface area contributed by atoms with Crippen molar-refractivity contribution in [3.8, 4) is 0 Å². The van der Waals surface area contributed by atoms with Gasteiger partial charge in [-0.05, 0) is 36.5 Å². The Labute approximate surface area is 141 Å². The Kier molecular flexibility index (Phi) is 8.55. The summed E-state index contributed by atoms with van der Waals surface area (Å²) in [6.07, 6.45) is 6.63. The molecule has 1 aliphatic heterocycles. The van der Waals surface area contributed by atoms with Crippen LogP contribution in [0.15, 0.2) is 18.2 Å². The van der Waals surface area contributed by atoms with Crippen LogP contribution >= 0.6 is 11.6 Å². The molecule has 0 amide bonds. The van der Waals surface area contributed by atoms with Crippen molar-refractivity contribution in [1.29, 1.82) is 0 Å². The van der Waals surface area contributed by atoms with Crippen LogP contribution in [0.5, 0.6) is 0 Å². The first-order valence-corrected chi connectivity index (χ1v) is 9.99. The van der Waals surface area contributed by atoms with Crippen LogP contribution in [0.3, 0.4) is 0 Å². The molecule has 1 aromatic carbocycles. The standard InChI is InChI=1S/C16H23ClFSi.Zn/c1-2-3-4-9-19-10-7-13(8-11-19)14-5-6-15(17)16(18)12-14;/h5-6,12-13H,2-4,7-11H2,1H3;/q;+2. The Balaban J connectivity index is 0.00000200. The average molecular weight is 363 g/mol. The van der Waals surface area contributed by atoms with Gasteiger partial charge in [0.05, 0.1) is 5.02 Å². The minimum absolute atomic E-state index is 0. The molecule has 0 N–H and O–H groups in total. The molecule has 0 nitrogen and oxygen atoms in total. The summed E-state index contributed by atoms with van der Waals surface area (Å²) in [6.45, 7) is 2.27. The molecule has 1 aromatic rings. The SMILES string of the molecule is CCCCC[Si]1CCC(c2ccc(Cl)c(F)c2)CC1.[Zn+2]. The molecule has 1 radical (unpaired) electrons. The summed E-state index contributed by atoms with van der Waals surface area (Å²) in [7, 11) is -0.0979. The van der Waals surface area contributed by atoms with Crippen molar-refractivity contribution in [2.45, 2.75) is 63.1 Å². The van der Waals surface area contributed by atoms with Crippen LogP contribution in [0.4, 0.5) is 4.39 Å². The van der Waals surface area contributed by atoms with Crippen LogP contribution in [-0.4, -0.2) is 8.80 Å². The molecule has 20 heavy (non-hydrogen) atoms. The zero-order valence-corrected chi connectivity index (χ0v) is 17.2. The van der Waals surface area contributed by atoms with Crippen molar-refractivity contribution in [3.63, 3.8) is 0 Å². The summed E-state index contributed by atoms with van der Waals surface area (Å²) in [5, 5.41) is 0.240. The minimum atomic E-state index is -0.266. The summed E-state index contributed by atoms with van der Waals surface area (Å²) >= 11 is 5.74. The van der Waals surface area contributed by atoms with Gasteiger partial charge < -0.3 is 0 Å². The third-order valence-electron chi connectivity index (χ3n) is 4.24. The summed E-state index contributed by atoms with van der Waals surface area (Å²) in [6, 6.07) is 9.65. The van der Waals surface area contributed by atoms with E-state index in [-0.39, 0.29) is 39.1 Å². The van der Waals surface area contributed by atoms with Crippen molar-refractivity contribution < 1.29 is 23.9 Å². The third kappa shape index (κ3) is 5.24. The van der Waals surface area contributed by atoms with E-state index < -0.39 is 0 Å². The molecule has 1 saturated heterocycles. The van der Waals surface area contributed by atoms with E-state index in [1.54, 1.807) is 12.1 Å². The van der Waals surface area contributed by atoms with Gasteiger partial charge in [-0.15, -0.1) is 0 Å². The van der Waals surface area contributed by atoms with E-state index in [2.05, 4.69) is 6.92 Å². The molecular weight excluding hydrogens is 340 g/mol. The number of unbranched alkanes of at least 4 members (excludes halogenated alkanes) is 2. The predicted octanol–water partition coefficient (Wildman–Crippen LogP) is 6.04. The normalized spacial score (nSPS) is 16.9. The molecule has 0 bridgehead atoms. The Bertz CT molecular complexity index is 405. The molecule has 0 atom stereocenters. The van der Waals surface area contributed by atoms with Crippen molar-refractivity contribution in [2.75, 3.05) is 0 Å². The second-order valence-electron chi connectivity index (χ2n) is 5.65. The van der Waals surface area contributed by atoms with E-state index in [1.165, 1.54) is 50.2 Å². The van der Waals surface area contributed by atoms with Crippen molar-refractivity contribution in [1.82, 2.24) is 0 Å². The number of halogens is 2. The van der Waals surface area contributed by atoms with Crippen LogP contribution < -0.4 is 0 Å². The number of benzene rings is 1. The van der Waals surface area contributed by atoms with E-state index >= 15 is 0 Å². The number of hydrogen-bond acceptors (Lipinski definition) is 0. The molecule has 1 fully saturated rings. The molecule has 0 aromatic heterocycles. The molecule has 0 spiro atoms. The van der Waals surface area contributed by atoms with Gasteiger partial charge in [-0.2, -0.15) is 0 Å². The van der Waals surface area contributed by atoms with Crippen LogP contribution in [0.1, 0.15) is 50.5 Å². The zero-order chi connectivity index (χ0) is 13.7. The van der Waals surface area contributed by atoms with Gasteiger partial charge in [0.25, 0.3) is 0 Å². The van der Waals surface area contributed by atoms with Gasteiger partial charge in [0.1, 0.15) is 5.82 Å². The second kappa shape index (κ2) is 9.33. The van der Waals surface area contributed by atoms with Gasteiger partial charge in [0.15, 0.2) is 0 Å². The monoisotopic (exact) mass is 361 g/mol. The molecule has 1 aliphatic rings. The Hall–Kier alpha value is 0.280. The van der Waals surface area contributed by atoms with E-state index in [0.717, 1.165) is 5.56 Å². The van der Waals surface area contributed by atoms with Crippen LogP contribution in [0.25, 0.3) is 0 Å². The first-order chi connectivity index (χ1) is 9.20. The summed E-state index contributed by atoms with van der Waals surface area (Å²) < 4.78 is 13.5. The molecule has 4 heteroatoms. The van der Waals surface area contributed by atoms with Crippen molar-refractivity contribution in [3.05, 3.63) is 34.6 Å². The number of hydrogen-bond donors (Lipinski definition) is 0. The summed E-state index contributed by atoms with van der Waals surface area (Å²) in [5.41, 5.74) is 1.15. The van der Waals surface area contributed by atoms with Crippen molar-refractivity contribution >= 4 is 20.4 Å². The molecule has 0 unspecified atom stereocenters. The van der Waals surface area contributed by atoms with E-state index in [1.807, 2.05) is 6.07 Å². The Morgan fingerprint density at radius 3 is 2.55 bits per heavy atom. The van der Waals surface area contributed by atoms with Gasteiger partial charge in [0.2, 0.25) is 0 Å². The fourth-order valence-electron chi connectivity index (χ4n) is 3.00.